The molecule has 0 aliphatic carbocycles. The fraction of sp³-hybridized carbons (Fsp3) is 0. The third-order valence-electron chi connectivity index (χ3n) is 9.26. The van der Waals surface area contributed by atoms with Gasteiger partial charge in [0.2, 0.25) is 5.95 Å². The molecule has 5 nitrogen and oxygen atoms in total. The van der Waals surface area contributed by atoms with E-state index in [1.165, 1.54) is 0 Å². The van der Waals surface area contributed by atoms with Crippen LogP contribution in [-0.2, 0) is 0 Å². The summed E-state index contributed by atoms with van der Waals surface area (Å²) in [6.07, 6.45) is 0. The molecule has 0 amide bonds. The van der Waals surface area contributed by atoms with Gasteiger partial charge >= 0.3 is 0 Å². The van der Waals surface area contributed by atoms with E-state index in [9.17, 15) is 0 Å². The smallest absolute Gasteiger partial charge is 0.238 e. The summed E-state index contributed by atoms with van der Waals surface area (Å²) >= 11 is 0. The van der Waals surface area contributed by atoms with Gasteiger partial charge in [-0.2, -0.15) is 9.97 Å². The number of fused-ring (bicyclic) bond motifs is 7. The van der Waals surface area contributed by atoms with Crippen LogP contribution in [0.1, 0.15) is 6.85 Å². The largest absolute Gasteiger partial charge is 0.309 e. The Morgan fingerprint density at radius 3 is 1.82 bits per heavy atom. The van der Waals surface area contributed by atoms with Crippen molar-refractivity contribution in [1.29, 1.82) is 0 Å². The molecule has 0 fully saturated rings. The fourth-order valence-electron chi connectivity index (χ4n) is 7.11. The summed E-state index contributed by atoms with van der Waals surface area (Å²) in [7, 11) is 0. The third kappa shape index (κ3) is 4.45. The monoisotopic (exact) mass is 644 g/mol. The molecule has 0 N–H and O–H groups in total. The predicted molar refractivity (Wildman–Crippen MR) is 205 cm³/mol. The second-order valence-corrected chi connectivity index (χ2v) is 12.1. The van der Waals surface area contributed by atoms with Gasteiger partial charge < -0.3 is 4.57 Å². The number of para-hydroxylation sites is 3. The maximum atomic E-state index is 8.87. The van der Waals surface area contributed by atoms with Crippen molar-refractivity contribution >= 4 is 43.6 Å². The highest BCUT2D eigenvalue weighted by atomic mass is 15.2. The van der Waals surface area contributed by atoms with Gasteiger partial charge in [-0.3, -0.25) is 4.57 Å². The molecule has 0 saturated heterocycles. The van der Waals surface area contributed by atoms with Crippen molar-refractivity contribution in [2.24, 2.45) is 0 Å². The van der Waals surface area contributed by atoms with Crippen molar-refractivity contribution in [2.45, 2.75) is 0 Å². The first-order valence-corrected chi connectivity index (χ1v) is 16.4. The van der Waals surface area contributed by atoms with E-state index in [4.69, 9.17) is 21.8 Å². The lowest BCUT2D eigenvalue weighted by molar-refractivity contribution is 0.953. The number of hydrogen-bond donors (Lipinski definition) is 0. The third-order valence-corrected chi connectivity index (χ3v) is 9.26. The zero-order chi connectivity index (χ0) is 37.4. The van der Waals surface area contributed by atoms with E-state index in [2.05, 4.69) is 59.2 Å². The summed E-state index contributed by atoms with van der Waals surface area (Å²) in [5, 5.41) is 4.22. The SMILES string of the molecule is [2H]c1c([2H])c([2H])c(-c2nc(-c3cccc(-c4ccccc4)c3)nc(-n3c4ccccc4c4c3ccc3c5ccccc5n(-c5ccccc5)c34)n2)c([2H])c1[2H]. The summed E-state index contributed by atoms with van der Waals surface area (Å²) in [4.78, 5) is 14.9. The molecule has 0 unspecified atom stereocenters. The number of aromatic nitrogens is 5. The molecule has 3 aromatic heterocycles. The molecular weight excluding hydrogens is 611 g/mol. The summed E-state index contributed by atoms with van der Waals surface area (Å²) < 4.78 is 47.2. The first kappa shape index (κ1) is 23.5. The van der Waals surface area contributed by atoms with Crippen LogP contribution in [0.3, 0.4) is 0 Å². The Labute approximate surface area is 295 Å². The average molecular weight is 645 g/mol. The Morgan fingerprint density at radius 2 is 1.04 bits per heavy atom. The first-order valence-electron chi connectivity index (χ1n) is 18.9. The molecule has 3 heterocycles. The van der Waals surface area contributed by atoms with Crippen molar-refractivity contribution < 1.29 is 6.85 Å². The van der Waals surface area contributed by atoms with Crippen LogP contribution in [0.4, 0.5) is 0 Å². The quantitative estimate of drug-likeness (QED) is 0.187. The number of nitrogens with zero attached hydrogens (tertiary/aromatic N) is 5. The Hall–Kier alpha value is -6.85. The molecule has 0 spiro atoms. The van der Waals surface area contributed by atoms with Gasteiger partial charge in [0.15, 0.2) is 11.6 Å². The fourth-order valence-corrected chi connectivity index (χ4v) is 7.11. The highest BCUT2D eigenvalue weighted by Gasteiger charge is 2.22. The van der Waals surface area contributed by atoms with E-state index < -0.39 is 18.1 Å². The molecule has 50 heavy (non-hydrogen) atoms. The number of benzene rings is 7. The van der Waals surface area contributed by atoms with Crippen LogP contribution in [0.15, 0.2) is 176 Å². The maximum Gasteiger partial charge on any atom is 0.238 e. The van der Waals surface area contributed by atoms with E-state index in [1.54, 1.807) is 0 Å². The second-order valence-electron chi connectivity index (χ2n) is 12.1. The maximum absolute atomic E-state index is 8.87. The molecule has 0 radical (unpaired) electrons. The average Bonchev–Trinajstić information content (AvgIpc) is 3.76. The van der Waals surface area contributed by atoms with E-state index in [1.807, 2.05) is 95.6 Å². The van der Waals surface area contributed by atoms with Crippen molar-refractivity contribution in [3.8, 4) is 45.5 Å². The van der Waals surface area contributed by atoms with Crippen molar-refractivity contribution in [1.82, 2.24) is 24.1 Å². The Kier molecular flexibility index (Phi) is 5.35. The Morgan fingerprint density at radius 1 is 0.420 bits per heavy atom. The van der Waals surface area contributed by atoms with Crippen LogP contribution in [0.5, 0.6) is 0 Å². The Balaban J connectivity index is 1.32. The second kappa shape index (κ2) is 11.4. The molecule has 0 atom stereocenters. The highest BCUT2D eigenvalue weighted by molar-refractivity contribution is 6.26. The van der Waals surface area contributed by atoms with Gasteiger partial charge in [0.1, 0.15) is 0 Å². The molecule has 10 aromatic rings. The van der Waals surface area contributed by atoms with Gasteiger partial charge in [-0.1, -0.05) is 139 Å². The van der Waals surface area contributed by atoms with Crippen LogP contribution < -0.4 is 0 Å². The minimum absolute atomic E-state index is 0.0208. The molecule has 10 rings (SSSR count). The molecule has 234 valence electrons. The summed E-state index contributed by atoms with van der Waals surface area (Å²) in [5.41, 5.74) is 7.40. The van der Waals surface area contributed by atoms with Crippen LogP contribution in [0.25, 0.3) is 89.2 Å². The van der Waals surface area contributed by atoms with Crippen molar-refractivity contribution in [3.05, 3.63) is 176 Å². The van der Waals surface area contributed by atoms with Crippen LogP contribution in [-0.4, -0.2) is 24.1 Å². The molecule has 7 aromatic carbocycles. The lowest BCUT2D eigenvalue weighted by Crippen LogP contribution is -2.06. The summed E-state index contributed by atoms with van der Waals surface area (Å²) in [6, 6.07) is 46.7. The van der Waals surface area contributed by atoms with Crippen LogP contribution in [0.2, 0.25) is 0 Å². The van der Waals surface area contributed by atoms with Gasteiger partial charge in [-0.15, -0.1) is 0 Å². The zero-order valence-corrected chi connectivity index (χ0v) is 26.6. The van der Waals surface area contributed by atoms with Crippen molar-refractivity contribution in [3.63, 3.8) is 0 Å². The standard InChI is InChI=1S/C45H29N5/c1-4-15-30(16-5-1)32-19-14-20-33(29-32)44-46-43(31-17-6-2-7-18-31)47-45(48-44)50-39-26-13-11-24-37(39)41-40(50)28-27-36-35-23-10-12-25-38(35)49(42(36)41)34-21-8-3-9-22-34/h1-29H/i2D,6D,7D,17D,18D. The van der Waals surface area contributed by atoms with Gasteiger partial charge in [0.05, 0.1) is 28.9 Å². The highest BCUT2D eigenvalue weighted by Crippen LogP contribution is 2.41. The van der Waals surface area contributed by atoms with E-state index in [0.29, 0.717) is 11.4 Å². The minimum atomic E-state index is -0.482. The minimum Gasteiger partial charge on any atom is -0.309 e. The zero-order valence-electron chi connectivity index (χ0n) is 31.6. The lowest BCUT2D eigenvalue weighted by Gasteiger charge is -2.12. The lowest BCUT2D eigenvalue weighted by atomic mass is 10.0. The normalized spacial score (nSPS) is 13.0. The number of rotatable bonds is 5. The van der Waals surface area contributed by atoms with Crippen molar-refractivity contribution in [2.75, 3.05) is 0 Å². The predicted octanol–water partition coefficient (Wildman–Crippen LogP) is 11.1. The Bertz CT molecular complexity index is 3130. The van der Waals surface area contributed by atoms with E-state index in [-0.39, 0.29) is 29.4 Å². The topological polar surface area (TPSA) is 48.5 Å². The molecule has 0 bridgehead atoms. The summed E-state index contributed by atoms with van der Waals surface area (Å²) in [5.74, 6) is 0.535. The first-order chi connectivity index (χ1) is 26.9. The van der Waals surface area contributed by atoms with E-state index in [0.717, 1.165) is 60.4 Å². The number of hydrogen-bond acceptors (Lipinski definition) is 3. The van der Waals surface area contributed by atoms with Crippen LogP contribution in [0, 0.1) is 0 Å². The van der Waals surface area contributed by atoms with Gasteiger partial charge in [0, 0.05) is 38.4 Å². The molecule has 0 aliphatic heterocycles. The molecule has 0 aliphatic rings. The van der Waals surface area contributed by atoms with Gasteiger partial charge in [0.25, 0.3) is 0 Å². The van der Waals surface area contributed by atoms with Crippen LogP contribution >= 0.6 is 0 Å². The summed E-state index contributed by atoms with van der Waals surface area (Å²) in [6.45, 7) is 0. The van der Waals surface area contributed by atoms with Gasteiger partial charge in [-0.05, 0) is 47.5 Å². The van der Waals surface area contributed by atoms with Gasteiger partial charge in [-0.25, -0.2) is 4.98 Å². The molecule has 0 saturated carbocycles. The molecular formula is C45H29N5. The van der Waals surface area contributed by atoms with E-state index >= 15 is 0 Å². The molecule has 5 heteroatoms.